The van der Waals surface area contributed by atoms with Gasteiger partial charge >= 0.3 is 13.5 Å². The van der Waals surface area contributed by atoms with Crippen molar-refractivity contribution in [1.29, 1.82) is 0 Å². The van der Waals surface area contributed by atoms with E-state index in [1.165, 1.54) is 21.8 Å². The number of nitrogens with two attached hydrogens (primary N) is 2. The third-order valence-electron chi connectivity index (χ3n) is 7.17. The molecule has 0 saturated carbocycles. The van der Waals surface area contributed by atoms with E-state index in [1.807, 2.05) is 0 Å². The van der Waals surface area contributed by atoms with Crippen LogP contribution in [0.1, 0.15) is 12.5 Å². The highest BCUT2D eigenvalue weighted by atomic mass is 32.7. The number of aromatic nitrogens is 8. The molecule has 0 spiro atoms. The third-order valence-corrected chi connectivity index (χ3v) is 10.3. The highest BCUT2D eigenvalue weighted by Crippen LogP contribution is 2.58. The fourth-order valence-electron chi connectivity index (χ4n) is 5.17. The van der Waals surface area contributed by atoms with E-state index in [9.17, 15) is 9.46 Å². The lowest BCUT2D eigenvalue weighted by molar-refractivity contribution is -0.0564. The van der Waals surface area contributed by atoms with E-state index in [-0.39, 0.29) is 34.0 Å². The number of thiol groups is 1. The number of halogens is 2. The van der Waals surface area contributed by atoms with Gasteiger partial charge in [0.25, 0.3) is 0 Å². The van der Waals surface area contributed by atoms with Crippen molar-refractivity contribution in [2.75, 3.05) is 24.7 Å². The van der Waals surface area contributed by atoms with Crippen molar-refractivity contribution in [3.05, 3.63) is 25.3 Å². The van der Waals surface area contributed by atoms with Crippen molar-refractivity contribution in [2.24, 2.45) is 0 Å². The monoisotopic (exact) mass is 694 g/mol. The maximum absolute atomic E-state index is 16.0. The summed E-state index contributed by atoms with van der Waals surface area (Å²) < 4.78 is 81.4. The first-order chi connectivity index (χ1) is 20.9. The summed E-state index contributed by atoms with van der Waals surface area (Å²) in [5.41, 5.74) is 12.4. The number of fused-ring (bicyclic) bond motifs is 4. The number of hydrogen-bond acceptors (Lipinski definition) is 16. The predicted molar refractivity (Wildman–Crippen MR) is 152 cm³/mol. The van der Waals surface area contributed by atoms with E-state index in [1.54, 1.807) is 0 Å². The molecule has 3 aliphatic heterocycles. The van der Waals surface area contributed by atoms with Crippen molar-refractivity contribution in [3.8, 4) is 0 Å². The molecule has 3 saturated heterocycles. The molecule has 5 N–H and O–H groups in total. The molecule has 0 radical (unpaired) electrons. The Hall–Kier alpha value is -2.49. The number of rotatable bonds is 2. The first kappa shape index (κ1) is 30.2. The number of nitrogens with zero attached hydrogens (tertiary/aromatic N) is 8. The molecule has 7 heterocycles. The fraction of sp³-hybridized carbons (Fsp3) is 0.500. The number of alkyl halides is 2. The number of hydrogen-bond donors (Lipinski definition) is 4. The summed E-state index contributed by atoms with van der Waals surface area (Å²) in [5.74, 6) is 0.111. The molecule has 3 fully saturated rings. The maximum Gasteiger partial charge on any atom is 0.386 e. The zero-order chi connectivity index (χ0) is 31.0. The maximum atomic E-state index is 16.0. The van der Waals surface area contributed by atoms with Gasteiger partial charge in [0.2, 0.25) is 0 Å². The molecule has 0 amide bonds. The van der Waals surface area contributed by atoms with Gasteiger partial charge in [0.15, 0.2) is 47.7 Å². The minimum Gasteiger partial charge on any atom is -0.382 e. The van der Waals surface area contributed by atoms with E-state index in [4.69, 9.17) is 50.8 Å². The van der Waals surface area contributed by atoms with E-state index < -0.39 is 75.9 Å². The van der Waals surface area contributed by atoms with Crippen LogP contribution < -0.4 is 11.5 Å². The van der Waals surface area contributed by atoms with E-state index in [0.717, 1.165) is 12.7 Å². The van der Waals surface area contributed by atoms with Gasteiger partial charge in [0, 0.05) is 0 Å². The Morgan fingerprint density at radius 1 is 0.841 bits per heavy atom. The second kappa shape index (κ2) is 11.1. The van der Waals surface area contributed by atoms with E-state index in [0.29, 0.717) is 0 Å². The summed E-state index contributed by atoms with van der Waals surface area (Å²) in [7, 11) is 0. The molecule has 0 aromatic carbocycles. The lowest BCUT2D eigenvalue weighted by Gasteiger charge is -2.29. The molecular weight excluding hydrogens is 672 g/mol. The molecule has 4 aromatic rings. The Morgan fingerprint density at radius 2 is 1.32 bits per heavy atom. The van der Waals surface area contributed by atoms with Crippen molar-refractivity contribution in [2.45, 2.75) is 49.2 Å². The SMILES string of the molecule is Nc1ncnc2c1ncn2[C@@H]1O[C@@H]2COP(O)(=S)OC3[C@@H](COP(=O)(S)OC2[C@@H]1F)O[C@@H](n1cnc2c(N)ncnc21)[C@H]3F. The van der Waals surface area contributed by atoms with Gasteiger partial charge in [-0.1, -0.05) is 12.2 Å². The Kier molecular flexibility index (Phi) is 7.61. The van der Waals surface area contributed by atoms with Crippen LogP contribution in [0.5, 0.6) is 0 Å². The average molecular weight is 695 g/mol. The Bertz CT molecular complexity index is 1710. The normalized spacial score (nSPS) is 38.3. The quantitative estimate of drug-likeness (QED) is 0.171. The molecule has 0 bridgehead atoms. The molecular formula is C20H22F2N10O8P2S2. The summed E-state index contributed by atoms with van der Waals surface area (Å²) in [6, 6.07) is 0. The topological polar surface area (TPSA) is 232 Å². The first-order valence-electron chi connectivity index (χ1n) is 12.7. The molecule has 18 nitrogen and oxygen atoms in total. The lowest BCUT2D eigenvalue weighted by Crippen LogP contribution is -2.37. The summed E-state index contributed by atoms with van der Waals surface area (Å²) in [6.45, 7) is -9.88. The van der Waals surface area contributed by atoms with E-state index >= 15 is 8.78 Å². The molecule has 4 aromatic heterocycles. The largest absolute Gasteiger partial charge is 0.386 e. The molecule has 0 aliphatic carbocycles. The van der Waals surface area contributed by atoms with Gasteiger partial charge < -0.3 is 30.4 Å². The first-order valence-corrected chi connectivity index (χ1v) is 18.0. The van der Waals surface area contributed by atoms with Crippen molar-refractivity contribution < 1.29 is 45.8 Å². The van der Waals surface area contributed by atoms with Crippen LogP contribution in [-0.2, 0) is 43.9 Å². The summed E-state index contributed by atoms with van der Waals surface area (Å²) in [6.07, 6.45) is -7.94. The van der Waals surface area contributed by atoms with Crippen LogP contribution in [0.4, 0.5) is 20.4 Å². The van der Waals surface area contributed by atoms with Crippen LogP contribution in [-0.4, -0.2) is 93.9 Å². The number of nitrogen functional groups attached to an aromatic ring is 2. The molecule has 236 valence electrons. The molecule has 24 heteroatoms. The standard InChI is InChI=1S/C20H22F2N10O8P2S2/c21-9-13-7(37-19(9)31-5-29-11-15(23)25-3-27-17(11)31)1-35-41(33,43)40-14-8(2-36-42(34,44)39-13)38-20(10(14)22)32-6-30-12-16(24)26-4-28-18(12)32/h3-10,13-14,19-20H,1-2H2,(H,33,43)(H,34,44)(H2,23,25,27)(H2,24,26,28)/t7-,8-,9+,10+,13?,14?,19-,20-,41?,42?/m1/s1. The zero-order valence-corrected chi connectivity index (χ0v) is 25.4. The third kappa shape index (κ3) is 5.26. The molecule has 3 aliphatic rings. The van der Waals surface area contributed by atoms with Gasteiger partial charge in [-0.15, -0.1) is 0 Å². The molecule has 7 rings (SSSR count). The summed E-state index contributed by atoms with van der Waals surface area (Å²) in [5, 5.41) is 0. The van der Waals surface area contributed by atoms with E-state index in [2.05, 4.69) is 42.2 Å². The van der Waals surface area contributed by atoms with Gasteiger partial charge in [0.1, 0.15) is 48.1 Å². The second-order valence-electron chi connectivity index (χ2n) is 9.85. The Labute approximate surface area is 255 Å². The molecule has 4 unspecified atom stereocenters. The predicted octanol–water partition coefficient (Wildman–Crippen LogP) is 1.37. The number of imidazole rings is 2. The van der Waals surface area contributed by atoms with Gasteiger partial charge in [-0.05, 0) is 11.8 Å². The summed E-state index contributed by atoms with van der Waals surface area (Å²) in [4.78, 5) is 35.0. The van der Waals surface area contributed by atoms with Crippen LogP contribution in [0, 0.1) is 0 Å². The van der Waals surface area contributed by atoms with Gasteiger partial charge in [-0.2, -0.15) is 0 Å². The van der Waals surface area contributed by atoms with Crippen molar-refractivity contribution >= 4 is 71.5 Å². The van der Waals surface area contributed by atoms with Gasteiger partial charge in [-0.3, -0.25) is 22.7 Å². The summed E-state index contributed by atoms with van der Waals surface area (Å²) >= 11 is 9.15. The second-order valence-corrected chi connectivity index (χ2v) is 15.5. The number of ether oxygens (including phenoxy) is 2. The fourth-order valence-corrected chi connectivity index (χ4v) is 8.09. The minimum absolute atomic E-state index is 0.0550. The van der Waals surface area contributed by atoms with Crippen LogP contribution in [0.25, 0.3) is 22.3 Å². The Morgan fingerprint density at radius 3 is 1.84 bits per heavy atom. The lowest BCUT2D eigenvalue weighted by atomic mass is 10.1. The number of anilines is 2. The molecule has 44 heavy (non-hydrogen) atoms. The van der Waals surface area contributed by atoms with Crippen molar-refractivity contribution in [1.82, 2.24) is 39.0 Å². The van der Waals surface area contributed by atoms with Crippen LogP contribution >= 0.6 is 25.8 Å². The smallest absolute Gasteiger partial charge is 0.382 e. The minimum atomic E-state index is -4.38. The molecule has 10 atom stereocenters. The van der Waals surface area contributed by atoms with Crippen LogP contribution in [0.2, 0.25) is 0 Å². The zero-order valence-electron chi connectivity index (χ0n) is 21.9. The highest BCUT2D eigenvalue weighted by Gasteiger charge is 2.54. The van der Waals surface area contributed by atoms with Crippen molar-refractivity contribution in [3.63, 3.8) is 0 Å². The highest BCUT2D eigenvalue weighted by molar-refractivity contribution is 8.44. The Balaban J connectivity index is 1.17. The average Bonchev–Trinajstić information content (AvgIpc) is 3.73. The van der Waals surface area contributed by atoms with Gasteiger partial charge in [-0.25, -0.2) is 43.2 Å². The van der Waals surface area contributed by atoms with Gasteiger partial charge in [0.05, 0.1) is 25.9 Å². The van der Waals surface area contributed by atoms with Crippen LogP contribution in [0.3, 0.4) is 0 Å². The van der Waals surface area contributed by atoms with Crippen LogP contribution in [0.15, 0.2) is 25.3 Å².